The molecule has 0 amide bonds. The largest absolute Gasteiger partial charge is 0.508 e. The maximum Gasteiger partial charge on any atom is 0.119 e. The van der Waals surface area contributed by atoms with Crippen molar-refractivity contribution in [2.24, 2.45) is 0 Å². The summed E-state index contributed by atoms with van der Waals surface area (Å²) < 4.78 is 2.03. The number of aromatic hydroxyl groups is 2. The van der Waals surface area contributed by atoms with Crippen LogP contribution in [0.1, 0.15) is 50.7 Å². The SMILES string of the molecule is C1CN2CCN1CC2.CC(C)c1cc(Br)ccc1O.CC(C)c1cc(Br)ccc1O. The van der Waals surface area contributed by atoms with Crippen molar-refractivity contribution >= 4 is 31.9 Å². The molecule has 0 atom stereocenters. The van der Waals surface area contributed by atoms with Gasteiger partial charge in [-0.2, -0.15) is 0 Å². The monoisotopic (exact) mass is 540 g/mol. The molecule has 30 heavy (non-hydrogen) atoms. The van der Waals surface area contributed by atoms with Crippen LogP contribution in [-0.4, -0.2) is 59.3 Å². The molecule has 4 nitrogen and oxygen atoms in total. The summed E-state index contributed by atoms with van der Waals surface area (Å²) in [6.45, 7) is 16.1. The molecule has 6 heteroatoms. The molecule has 2 aromatic rings. The van der Waals surface area contributed by atoms with Gasteiger partial charge in [-0.1, -0.05) is 59.6 Å². The van der Waals surface area contributed by atoms with Crippen molar-refractivity contribution < 1.29 is 10.2 Å². The molecule has 0 spiro atoms. The lowest BCUT2D eigenvalue weighted by molar-refractivity contribution is 0.0647. The highest BCUT2D eigenvalue weighted by molar-refractivity contribution is 9.10. The van der Waals surface area contributed by atoms with Gasteiger partial charge in [0.25, 0.3) is 0 Å². The normalized spacial score (nSPS) is 19.7. The van der Waals surface area contributed by atoms with Crippen molar-refractivity contribution in [1.29, 1.82) is 0 Å². The Labute approximate surface area is 198 Å². The molecule has 166 valence electrons. The van der Waals surface area contributed by atoms with Crippen molar-refractivity contribution in [2.45, 2.75) is 39.5 Å². The van der Waals surface area contributed by atoms with Crippen molar-refractivity contribution in [3.05, 3.63) is 56.5 Å². The second-order valence-electron chi connectivity index (χ2n) is 8.40. The van der Waals surface area contributed by atoms with Crippen LogP contribution < -0.4 is 0 Å². The Hall–Kier alpha value is -1.08. The summed E-state index contributed by atoms with van der Waals surface area (Å²) in [6, 6.07) is 11.0. The third-order valence-corrected chi connectivity index (χ3v) is 6.41. The molecule has 0 aliphatic carbocycles. The number of rotatable bonds is 2. The number of hydrogen-bond acceptors (Lipinski definition) is 4. The van der Waals surface area contributed by atoms with Crippen LogP contribution >= 0.6 is 31.9 Å². The third-order valence-electron chi connectivity index (χ3n) is 5.42. The van der Waals surface area contributed by atoms with E-state index < -0.39 is 0 Å². The predicted molar refractivity (Wildman–Crippen MR) is 133 cm³/mol. The summed E-state index contributed by atoms with van der Waals surface area (Å²) >= 11 is 6.71. The van der Waals surface area contributed by atoms with Gasteiger partial charge in [0.2, 0.25) is 0 Å². The first-order chi connectivity index (χ1) is 14.2. The number of halogens is 2. The highest BCUT2D eigenvalue weighted by Gasteiger charge is 2.21. The van der Waals surface area contributed by atoms with Crippen molar-refractivity contribution in [1.82, 2.24) is 9.80 Å². The Kier molecular flexibility index (Phi) is 10.1. The summed E-state index contributed by atoms with van der Waals surface area (Å²) in [5, 5.41) is 18.8. The summed E-state index contributed by atoms with van der Waals surface area (Å²) in [5.41, 5.74) is 1.97. The number of phenolic OH excluding ortho intramolecular Hbond substituents is 2. The van der Waals surface area contributed by atoms with E-state index in [-0.39, 0.29) is 0 Å². The van der Waals surface area contributed by atoms with Crippen LogP contribution in [-0.2, 0) is 0 Å². The molecule has 2 aromatic carbocycles. The van der Waals surface area contributed by atoms with E-state index >= 15 is 0 Å². The molecule has 0 radical (unpaired) electrons. The van der Waals surface area contributed by atoms with Gasteiger partial charge in [0.05, 0.1) is 0 Å². The Morgan fingerprint density at radius 1 is 0.633 bits per heavy atom. The lowest BCUT2D eigenvalue weighted by Gasteiger charge is -2.41. The number of phenols is 2. The molecule has 0 aromatic heterocycles. The maximum absolute atomic E-state index is 9.38. The quantitative estimate of drug-likeness (QED) is 0.477. The van der Waals surface area contributed by atoms with Gasteiger partial charge >= 0.3 is 0 Å². The average molecular weight is 542 g/mol. The van der Waals surface area contributed by atoms with Crippen LogP contribution in [0.15, 0.2) is 45.3 Å². The van der Waals surface area contributed by atoms with Crippen LogP contribution in [0.25, 0.3) is 0 Å². The molecule has 0 saturated carbocycles. The summed E-state index contributed by atoms with van der Waals surface area (Å²) in [7, 11) is 0. The van der Waals surface area contributed by atoms with Crippen LogP contribution in [0.4, 0.5) is 0 Å². The lowest BCUT2D eigenvalue weighted by atomic mass is 10.0. The molecule has 3 aliphatic heterocycles. The van der Waals surface area contributed by atoms with Gasteiger partial charge in [-0.25, -0.2) is 0 Å². The Balaban J connectivity index is 0.000000162. The van der Waals surface area contributed by atoms with Crippen LogP contribution in [0, 0.1) is 0 Å². The first-order valence-corrected chi connectivity index (χ1v) is 12.2. The number of fused-ring (bicyclic) bond motifs is 3. The first-order valence-electron chi connectivity index (χ1n) is 10.6. The second kappa shape index (κ2) is 12.1. The summed E-state index contributed by atoms with van der Waals surface area (Å²) in [4.78, 5) is 5.08. The topological polar surface area (TPSA) is 46.9 Å². The zero-order chi connectivity index (χ0) is 22.3. The zero-order valence-corrected chi connectivity index (χ0v) is 21.6. The molecular formula is C24H34Br2N2O2. The molecule has 2 bridgehead atoms. The van der Waals surface area contributed by atoms with E-state index in [1.54, 1.807) is 12.1 Å². The average Bonchev–Trinajstić information content (AvgIpc) is 2.73. The maximum atomic E-state index is 9.38. The minimum Gasteiger partial charge on any atom is -0.508 e. The molecule has 2 N–H and O–H groups in total. The lowest BCUT2D eigenvalue weighted by Crippen LogP contribution is -2.55. The van der Waals surface area contributed by atoms with Gasteiger partial charge in [0.1, 0.15) is 11.5 Å². The minimum absolute atomic E-state index is 0.368. The first kappa shape index (κ1) is 25.2. The fraction of sp³-hybridized carbons (Fsp3) is 0.500. The standard InChI is InChI=1S/2C9H11BrO.C6H12N2/c2*1-6(2)8-5-7(10)3-4-9(8)11;1-2-8-5-3-7(1)4-6-8/h2*3-6,11H,1-2H3;1-6H2. The fourth-order valence-electron chi connectivity index (χ4n) is 3.49. The number of nitrogens with zero attached hydrogens (tertiary/aromatic N) is 2. The molecule has 3 saturated heterocycles. The van der Waals surface area contributed by atoms with Gasteiger partial charge < -0.3 is 10.2 Å². The zero-order valence-electron chi connectivity index (χ0n) is 18.4. The highest BCUT2D eigenvalue weighted by atomic mass is 79.9. The molecule has 3 heterocycles. The fourth-order valence-corrected chi connectivity index (χ4v) is 4.25. The van der Waals surface area contributed by atoms with Gasteiger partial charge in [0, 0.05) is 48.2 Å². The Bertz CT molecular complexity index is 725. The van der Waals surface area contributed by atoms with E-state index in [4.69, 9.17) is 0 Å². The van der Waals surface area contributed by atoms with Gasteiger partial charge in [-0.3, -0.25) is 9.80 Å². The second-order valence-corrected chi connectivity index (χ2v) is 10.2. The smallest absolute Gasteiger partial charge is 0.119 e. The van der Waals surface area contributed by atoms with Crippen LogP contribution in [0.3, 0.4) is 0 Å². The molecule has 3 aliphatic rings. The number of hydrogen-bond donors (Lipinski definition) is 2. The molecule has 3 fully saturated rings. The summed E-state index contributed by atoms with van der Waals surface area (Å²) in [5.74, 6) is 1.49. The predicted octanol–water partition coefficient (Wildman–Crippen LogP) is 6.17. The van der Waals surface area contributed by atoms with E-state index in [0.717, 1.165) is 20.1 Å². The highest BCUT2D eigenvalue weighted by Crippen LogP contribution is 2.28. The van der Waals surface area contributed by atoms with Gasteiger partial charge in [-0.05, 0) is 59.4 Å². The Morgan fingerprint density at radius 2 is 0.933 bits per heavy atom. The van der Waals surface area contributed by atoms with Crippen molar-refractivity contribution in [3.63, 3.8) is 0 Å². The Morgan fingerprint density at radius 3 is 1.13 bits per heavy atom. The van der Waals surface area contributed by atoms with Crippen molar-refractivity contribution in [2.75, 3.05) is 39.3 Å². The van der Waals surface area contributed by atoms with E-state index in [1.165, 1.54) is 39.3 Å². The summed E-state index contributed by atoms with van der Waals surface area (Å²) in [6.07, 6.45) is 0. The third kappa shape index (κ3) is 7.88. The number of benzene rings is 2. The molecule has 5 rings (SSSR count). The molecular weight excluding hydrogens is 508 g/mol. The van der Waals surface area contributed by atoms with Crippen LogP contribution in [0.5, 0.6) is 11.5 Å². The van der Waals surface area contributed by atoms with Gasteiger partial charge in [0.15, 0.2) is 0 Å². The van der Waals surface area contributed by atoms with Crippen molar-refractivity contribution in [3.8, 4) is 11.5 Å². The van der Waals surface area contributed by atoms with Gasteiger partial charge in [-0.15, -0.1) is 0 Å². The number of piperazine rings is 3. The van der Waals surface area contributed by atoms with Crippen LogP contribution in [0.2, 0.25) is 0 Å². The van der Waals surface area contributed by atoms with E-state index in [0.29, 0.717) is 23.3 Å². The van der Waals surface area contributed by atoms with E-state index in [1.807, 2.05) is 24.3 Å². The van der Waals surface area contributed by atoms with E-state index in [2.05, 4.69) is 69.4 Å². The van der Waals surface area contributed by atoms with E-state index in [9.17, 15) is 10.2 Å². The minimum atomic E-state index is 0.368. The molecule has 0 unspecified atom stereocenters.